The second-order valence-electron chi connectivity index (χ2n) is 10.1. The monoisotopic (exact) mass is 572 g/mol. The number of H-pyrrole nitrogens is 1. The molecule has 0 spiro atoms. The zero-order chi connectivity index (χ0) is 29.1. The molecule has 10 nitrogen and oxygen atoms in total. The van der Waals surface area contributed by atoms with Gasteiger partial charge in [-0.2, -0.15) is 0 Å². The van der Waals surface area contributed by atoms with Gasteiger partial charge in [-0.1, -0.05) is 32.4 Å². The molecule has 0 bridgehead atoms. The van der Waals surface area contributed by atoms with E-state index in [0.717, 1.165) is 5.39 Å². The number of amides is 2. The molecule has 0 aliphatic heterocycles. The number of benzene rings is 2. The summed E-state index contributed by atoms with van der Waals surface area (Å²) in [6.45, 7) is 6.07. The van der Waals surface area contributed by atoms with Gasteiger partial charge in [0.1, 0.15) is 22.5 Å². The minimum atomic E-state index is -0.465. The number of halogens is 1. The van der Waals surface area contributed by atoms with Gasteiger partial charge >= 0.3 is 6.03 Å². The van der Waals surface area contributed by atoms with Crippen LogP contribution in [0.25, 0.3) is 22.2 Å². The van der Waals surface area contributed by atoms with Crippen LogP contribution in [0, 0.1) is 0 Å². The molecule has 0 saturated heterocycles. The number of fused-ring (bicyclic) bond motifs is 1. The first-order valence-corrected chi connectivity index (χ1v) is 13.1. The van der Waals surface area contributed by atoms with Crippen LogP contribution in [0.15, 0.2) is 67.0 Å². The number of urea groups is 1. The van der Waals surface area contributed by atoms with Crippen molar-refractivity contribution >= 4 is 40.0 Å². The van der Waals surface area contributed by atoms with Crippen LogP contribution >= 0.6 is 11.6 Å². The molecule has 41 heavy (non-hydrogen) atoms. The molecule has 0 radical (unpaired) electrons. The van der Waals surface area contributed by atoms with Gasteiger partial charge in [-0.3, -0.25) is 10.3 Å². The number of aromatic amines is 1. The zero-order valence-corrected chi connectivity index (χ0v) is 24.0. The maximum Gasteiger partial charge on any atom is 0.324 e. The van der Waals surface area contributed by atoms with Crippen LogP contribution in [-0.4, -0.2) is 40.2 Å². The average molecular weight is 573 g/mol. The normalized spacial score (nSPS) is 11.3. The molecule has 2 amide bonds. The molecule has 0 unspecified atom stereocenters. The van der Waals surface area contributed by atoms with Crippen molar-refractivity contribution in [2.45, 2.75) is 26.2 Å². The van der Waals surface area contributed by atoms with Crippen LogP contribution in [0.4, 0.5) is 16.3 Å². The Hall–Kier alpha value is -4.83. The highest BCUT2D eigenvalue weighted by Gasteiger charge is 2.24. The van der Waals surface area contributed by atoms with Crippen molar-refractivity contribution in [2.75, 3.05) is 24.9 Å². The number of ether oxygens (including phenoxy) is 3. The number of anilines is 2. The van der Waals surface area contributed by atoms with E-state index in [0.29, 0.717) is 62.3 Å². The quantitative estimate of drug-likeness (QED) is 0.173. The minimum absolute atomic E-state index is 0.285. The molecule has 0 aliphatic carbocycles. The van der Waals surface area contributed by atoms with Crippen molar-refractivity contribution in [3.8, 4) is 34.3 Å². The Morgan fingerprint density at radius 2 is 1.63 bits per heavy atom. The van der Waals surface area contributed by atoms with Crippen molar-refractivity contribution in [3.05, 3.63) is 78.0 Å². The molecule has 3 heterocycles. The van der Waals surface area contributed by atoms with Crippen LogP contribution in [0.3, 0.4) is 0 Å². The lowest BCUT2D eigenvalue weighted by Crippen LogP contribution is -2.20. The molecule has 0 saturated carbocycles. The maximum absolute atomic E-state index is 13.0. The molecule has 0 atom stereocenters. The number of pyridine rings is 2. The number of nitrogens with zero attached hydrogens (tertiary/aromatic N) is 3. The summed E-state index contributed by atoms with van der Waals surface area (Å²) in [5.41, 5.74) is 2.19. The summed E-state index contributed by atoms with van der Waals surface area (Å²) < 4.78 is 16.9. The van der Waals surface area contributed by atoms with Crippen molar-refractivity contribution in [1.82, 2.24) is 19.9 Å². The van der Waals surface area contributed by atoms with Crippen LogP contribution in [-0.2, 0) is 5.41 Å². The highest BCUT2D eigenvalue weighted by Crippen LogP contribution is 2.37. The SMILES string of the molecule is COc1cc2nccc(Oc3ccc(NC(=O)Nc4nc(C(C)(C)C)[nH]c4-c4cccnc4Cl)cc3)c2cc1OC. The van der Waals surface area contributed by atoms with Crippen molar-refractivity contribution < 1.29 is 19.0 Å². The van der Waals surface area contributed by atoms with E-state index in [1.807, 2.05) is 32.9 Å². The van der Waals surface area contributed by atoms with E-state index in [4.69, 9.17) is 25.8 Å². The Kier molecular flexibility index (Phi) is 7.67. The van der Waals surface area contributed by atoms with Crippen molar-refractivity contribution in [3.63, 3.8) is 0 Å². The molecular weight excluding hydrogens is 544 g/mol. The Morgan fingerprint density at radius 3 is 2.32 bits per heavy atom. The predicted octanol–water partition coefficient (Wildman–Crippen LogP) is 7.42. The van der Waals surface area contributed by atoms with Gasteiger partial charge in [0.15, 0.2) is 17.3 Å². The number of methoxy groups -OCH3 is 2. The van der Waals surface area contributed by atoms with E-state index in [2.05, 4.69) is 30.6 Å². The number of carbonyl (C=O) groups excluding carboxylic acids is 1. The van der Waals surface area contributed by atoms with E-state index in [1.54, 1.807) is 69.1 Å². The number of imidazole rings is 1. The molecule has 0 aliphatic rings. The fraction of sp³-hybridized carbons (Fsp3) is 0.200. The summed E-state index contributed by atoms with van der Waals surface area (Å²) in [6.07, 6.45) is 3.27. The van der Waals surface area contributed by atoms with Crippen LogP contribution in [0.2, 0.25) is 5.15 Å². The molecule has 210 valence electrons. The molecule has 0 fully saturated rings. The van der Waals surface area contributed by atoms with Crippen LogP contribution < -0.4 is 24.8 Å². The first kappa shape index (κ1) is 27.7. The lowest BCUT2D eigenvalue weighted by Gasteiger charge is -2.14. The minimum Gasteiger partial charge on any atom is -0.493 e. The van der Waals surface area contributed by atoms with E-state index in [9.17, 15) is 4.79 Å². The topological polar surface area (TPSA) is 123 Å². The summed E-state index contributed by atoms with van der Waals surface area (Å²) in [6, 6.07) is 15.5. The third kappa shape index (κ3) is 6.02. The second kappa shape index (κ2) is 11.3. The van der Waals surface area contributed by atoms with Crippen molar-refractivity contribution in [2.24, 2.45) is 0 Å². The Morgan fingerprint density at radius 1 is 0.902 bits per heavy atom. The number of hydrogen-bond acceptors (Lipinski definition) is 7. The van der Waals surface area contributed by atoms with E-state index in [1.165, 1.54) is 0 Å². The van der Waals surface area contributed by atoms with Gasteiger partial charge in [-0.15, -0.1) is 0 Å². The van der Waals surface area contributed by atoms with E-state index >= 15 is 0 Å². The lowest BCUT2D eigenvalue weighted by atomic mass is 9.96. The summed E-state index contributed by atoms with van der Waals surface area (Å²) in [5.74, 6) is 3.38. The van der Waals surface area contributed by atoms with Gasteiger partial charge in [0.2, 0.25) is 0 Å². The maximum atomic E-state index is 13.0. The zero-order valence-electron chi connectivity index (χ0n) is 23.2. The fourth-order valence-electron chi connectivity index (χ4n) is 4.13. The third-order valence-electron chi connectivity index (χ3n) is 6.22. The van der Waals surface area contributed by atoms with Gasteiger partial charge in [-0.25, -0.2) is 14.8 Å². The highest BCUT2D eigenvalue weighted by atomic mass is 35.5. The van der Waals surface area contributed by atoms with Gasteiger partial charge in [0.05, 0.1) is 25.4 Å². The Labute approximate surface area is 242 Å². The smallest absolute Gasteiger partial charge is 0.324 e. The molecule has 2 aromatic carbocycles. The summed E-state index contributed by atoms with van der Waals surface area (Å²) in [7, 11) is 3.15. The van der Waals surface area contributed by atoms with Crippen LogP contribution in [0.5, 0.6) is 23.0 Å². The third-order valence-corrected chi connectivity index (χ3v) is 6.52. The number of nitrogens with one attached hydrogen (secondary N) is 3. The first-order valence-electron chi connectivity index (χ1n) is 12.7. The summed E-state index contributed by atoms with van der Waals surface area (Å²) >= 11 is 6.34. The molecule has 11 heteroatoms. The largest absolute Gasteiger partial charge is 0.493 e. The van der Waals surface area contributed by atoms with E-state index < -0.39 is 6.03 Å². The molecule has 3 N–H and O–H groups in total. The Bertz CT molecular complexity index is 1710. The number of aromatic nitrogens is 4. The molecule has 5 aromatic rings. The van der Waals surface area contributed by atoms with Gasteiger partial charge in [-0.05, 0) is 48.5 Å². The fourth-order valence-corrected chi connectivity index (χ4v) is 4.34. The predicted molar refractivity (Wildman–Crippen MR) is 160 cm³/mol. The molecule has 3 aromatic heterocycles. The van der Waals surface area contributed by atoms with Gasteiger partial charge in [0.25, 0.3) is 0 Å². The number of hydrogen-bond donors (Lipinski definition) is 3. The number of carbonyl (C=O) groups is 1. The summed E-state index contributed by atoms with van der Waals surface area (Å²) in [5, 5.41) is 6.73. The Balaban J connectivity index is 1.32. The van der Waals surface area contributed by atoms with Crippen LogP contribution in [0.1, 0.15) is 26.6 Å². The molecular formula is C30H29ClN6O4. The first-order chi connectivity index (χ1) is 19.7. The lowest BCUT2D eigenvalue weighted by molar-refractivity contribution is 0.262. The van der Waals surface area contributed by atoms with E-state index in [-0.39, 0.29) is 5.41 Å². The average Bonchev–Trinajstić information content (AvgIpc) is 3.37. The second-order valence-corrected chi connectivity index (χ2v) is 10.5. The molecule has 5 rings (SSSR count). The summed E-state index contributed by atoms with van der Waals surface area (Å²) in [4.78, 5) is 29.4. The van der Waals surface area contributed by atoms with Gasteiger partial charge < -0.3 is 24.5 Å². The van der Waals surface area contributed by atoms with Gasteiger partial charge in [0, 0.05) is 40.5 Å². The number of rotatable bonds is 7. The highest BCUT2D eigenvalue weighted by molar-refractivity contribution is 6.32. The standard InChI is InChI=1S/C30H29ClN6O4/c1-30(2,3)28-35-25(19-7-6-13-33-26(19)31)27(36-28)37-29(38)34-17-8-10-18(11-9-17)41-22-12-14-32-21-16-24(40-5)23(39-4)15-20(21)22/h6-16H,1-5H3,(H,35,36)(H2,34,37,38). The van der Waals surface area contributed by atoms with Crippen molar-refractivity contribution in [1.29, 1.82) is 0 Å².